The van der Waals surface area contributed by atoms with Crippen molar-refractivity contribution in [2.75, 3.05) is 13.3 Å². The lowest BCUT2D eigenvalue weighted by atomic mass is 9.77. The monoisotopic (exact) mass is 958 g/mol. The van der Waals surface area contributed by atoms with E-state index in [0.29, 0.717) is 62.5 Å². The first-order chi connectivity index (χ1) is 31.6. The molecule has 5 aliphatic heterocycles. The average Bonchev–Trinajstić information content (AvgIpc) is 3.89. The molecule has 0 bridgehead atoms. The Morgan fingerprint density at radius 2 is 0.754 bits per heavy atom. The maximum absolute atomic E-state index is 14.6. The number of esters is 4. The molecule has 5 N–H and O–H groups in total. The summed E-state index contributed by atoms with van der Waals surface area (Å²) >= 11 is 0. The third-order valence-electron chi connectivity index (χ3n) is 14.6. The maximum Gasteiger partial charge on any atom is 0.339 e. The molecule has 69 heavy (non-hydrogen) atoms. The van der Waals surface area contributed by atoms with Gasteiger partial charge in [-0.1, -0.05) is 12.1 Å². The third kappa shape index (κ3) is 13.5. The molecule has 5 aliphatic rings. The van der Waals surface area contributed by atoms with E-state index in [0.717, 1.165) is 13.0 Å². The molecule has 382 valence electrons. The summed E-state index contributed by atoms with van der Waals surface area (Å²) < 4.78 is 25.2. The molecule has 4 unspecified atom stereocenters. The van der Waals surface area contributed by atoms with Crippen LogP contribution in [0.1, 0.15) is 203 Å². The molecule has 0 radical (unpaired) electrons. The molecule has 4 atom stereocenters. The minimum Gasteiger partial charge on any atom is -0.459 e. The van der Waals surface area contributed by atoms with E-state index in [1.54, 1.807) is 36.4 Å². The zero-order valence-electron chi connectivity index (χ0n) is 44.3. The second kappa shape index (κ2) is 18.6. The summed E-state index contributed by atoms with van der Waals surface area (Å²) in [4.78, 5) is 60.0. The van der Waals surface area contributed by atoms with Gasteiger partial charge in [0.15, 0.2) is 0 Å². The van der Waals surface area contributed by atoms with Gasteiger partial charge in [0, 0.05) is 108 Å². The highest BCUT2D eigenvalue weighted by molar-refractivity contribution is 6.06. The number of rotatable bonds is 12. The number of piperidine rings is 4. The normalized spacial score (nSPS) is 29.0. The van der Waals surface area contributed by atoms with Crippen molar-refractivity contribution in [2.45, 2.75) is 236 Å². The summed E-state index contributed by atoms with van der Waals surface area (Å²) in [5.74, 6) is -2.55. The van der Waals surface area contributed by atoms with Crippen LogP contribution in [0.4, 0.5) is 0 Å². The van der Waals surface area contributed by atoms with E-state index in [-0.39, 0.29) is 79.3 Å². The molecule has 14 heteroatoms. The number of carbonyl (C=O) groups is 4. The minimum absolute atomic E-state index is 0.0109. The van der Waals surface area contributed by atoms with Crippen LogP contribution in [0.2, 0.25) is 0 Å². The van der Waals surface area contributed by atoms with Crippen molar-refractivity contribution < 1.29 is 43.2 Å². The van der Waals surface area contributed by atoms with Gasteiger partial charge in [-0.15, -0.1) is 0 Å². The average molecular weight is 958 g/mol. The fourth-order valence-electron chi connectivity index (χ4n) is 13.3. The number of nitrogens with zero attached hydrogens (tertiary/aromatic N) is 1. The van der Waals surface area contributed by atoms with Gasteiger partial charge in [0.2, 0.25) is 0 Å². The van der Waals surface area contributed by atoms with Crippen LogP contribution in [-0.4, -0.2) is 122 Å². The van der Waals surface area contributed by atoms with E-state index in [1.165, 1.54) is 0 Å². The Bertz CT molecular complexity index is 2250. The quantitative estimate of drug-likeness (QED) is 0.0782. The number of ether oxygens (including phenoxy) is 4. The molecule has 14 nitrogen and oxygen atoms in total. The molecule has 0 spiro atoms. The van der Waals surface area contributed by atoms with E-state index < -0.39 is 48.3 Å². The standard InChI is InChI=1S/C55H83N5O9/c1-48(2)23-36(24-49(3,4)56-48)66-44(62)40-18-16-33(20-42(40)46(64)67-37-25-50(5,6)57-51(7,8)26-37)34-17-19-41(43(21-34)47(65)68-38-27-52(9,10)58-53(11,12)28-38)45(63)69-39-29-54(13,14)59-55(15,30-39)22-35-31-60(35)32-61/h16-21,35-39,56-59,61H,22-32H2,1-15H3. The minimum atomic E-state index is -0.653. The second-order valence-electron chi connectivity index (χ2n) is 26.3. The summed E-state index contributed by atoms with van der Waals surface area (Å²) in [6, 6.07) is 10.2. The van der Waals surface area contributed by atoms with Crippen LogP contribution in [0.5, 0.6) is 0 Å². The van der Waals surface area contributed by atoms with Crippen molar-refractivity contribution in [1.82, 2.24) is 26.2 Å². The van der Waals surface area contributed by atoms with Crippen molar-refractivity contribution in [1.29, 1.82) is 0 Å². The van der Waals surface area contributed by atoms with Gasteiger partial charge < -0.3 is 45.3 Å². The van der Waals surface area contributed by atoms with Gasteiger partial charge in [0.25, 0.3) is 0 Å². The lowest BCUT2D eigenvalue weighted by Crippen LogP contribution is -2.61. The third-order valence-corrected chi connectivity index (χ3v) is 14.6. The Morgan fingerprint density at radius 1 is 0.464 bits per heavy atom. The van der Waals surface area contributed by atoms with Gasteiger partial charge in [-0.3, -0.25) is 4.90 Å². The topological polar surface area (TPSA) is 177 Å². The van der Waals surface area contributed by atoms with Crippen LogP contribution in [0.15, 0.2) is 36.4 Å². The van der Waals surface area contributed by atoms with Gasteiger partial charge in [-0.25, -0.2) is 19.2 Å². The second-order valence-corrected chi connectivity index (χ2v) is 26.3. The number of aliphatic hydroxyl groups excluding tert-OH is 1. The lowest BCUT2D eigenvalue weighted by Gasteiger charge is -2.48. The fourth-order valence-corrected chi connectivity index (χ4v) is 13.3. The number of nitrogens with one attached hydrogen (secondary N) is 4. The van der Waals surface area contributed by atoms with Crippen LogP contribution in [0.25, 0.3) is 11.1 Å². The van der Waals surface area contributed by atoms with E-state index in [2.05, 4.69) is 125 Å². The van der Waals surface area contributed by atoms with Crippen LogP contribution >= 0.6 is 0 Å². The summed E-state index contributed by atoms with van der Waals surface area (Å²) in [5.41, 5.74) is -1.20. The summed E-state index contributed by atoms with van der Waals surface area (Å²) in [7, 11) is 0. The van der Waals surface area contributed by atoms with Crippen molar-refractivity contribution in [3.8, 4) is 11.1 Å². The molecule has 7 rings (SSSR count). The molecule has 2 aromatic rings. The Labute approximate surface area is 411 Å². The summed E-state index contributed by atoms with van der Waals surface area (Å²) in [5, 5.41) is 24.4. The molecular weight excluding hydrogens is 875 g/mol. The SMILES string of the molecule is CC1(C)CC(OC(=O)c2ccc(-c3ccc(C(=O)OC4CC(C)(C)NC(C)(CC5CN5CO)C4)c(C(=O)OC4CC(C)(C)NC(C)(C)C4)c3)cc2C(=O)OC2CC(C)(C)NC(C)(C)C2)CC(C)(C)N1. The highest BCUT2D eigenvalue weighted by Gasteiger charge is 2.48. The van der Waals surface area contributed by atoms with Crippen LogP contribution in [0.3, 0.4) is 0 Å². The van der Waals surface area contributed by atoms with Crippen molar-refractivity contribution in [2.24, 2.45) is 0 Å². The van der Waals surface area contributed by atoms with E-state index >= 15 is 0 Å². The molecule has 0 aliphatic carbocycles. The fraction of sp³-hybridized carbons (Fsp3) is 0.709. The molecular formula is C55H83N5O9. The first-order valence-corrected chi connectivity index (χ1v) is 25.3. The number of aliphatic hydroxyl groups is 1. The molecule has 2 aromatic carbocycles. The van der Waals surface area contributed by atoms with Gasteiger partial charge in [-0.2, -0.15) is 0 Å². The van der Waals surface area contributed by atoms with E-state index in [9.17, 15) is 24.3 Å². The van der Waals surface area contributed by atoms with E-state index in [4.69, 9.17) is 18.9 Å². The molecule has 5 heterocycles. The Kier molecular flexibility index (Phi) is 14.3. The molecule has 5 saturated heterocycles. The number of carbonyl (C=O) groups excluding carboxylic acids is 4. The maximum atomic E-state index is 14.6. The van der Waals surface area contributed by atoms with Gasteiger partial charge in [-0.05, 0) is 146 Å². The highest BCUT2D eigenvalue weighted by Crippen LogP contribution is 2.39. The van der Waals surface area contributed by atoms with Crippen molar-refractivity contribution in [3.05, 3.63) is 58.7 Å². The predicted octanol–water partition coefficient (Wildman–Crippen LogP) is 8.22. The summed E-state index contributed by atoms with van der Waals surface area (Å²) in [6.07, 6.45) is 3.68. The lowest BCUT2D eigenvalue weighted by molar-refractivity contribution is -0.0140. The molecule has 0 aromatic heterocycles. The Balaban J connectivity index is 1.24. The number of hydrogen-bond donors (Lipinski definition) is 5. The van der Waals surface area contributed by atoms with Crippen molar-refractivity contribution >= 4 is 23.9 Å². The van der Waals surface area contributed by atoms with Crippen molar-refractivity contribution in [3.63, 3.8) is 0 Å². The van der Waals surface area contributed by atoms with Crippen LogP contribution < -0.4 is 21.3 Å². The van der Waals surface area contributed by atoms with E-state index in [1.807, 2.05) is 4.90 Å². The Hall–Kier alpha value is -3.92. The molecule has 0 saturated carbocycles. The van der Waals surface area contributed by atoms with Crippen LogP contribution in [0, 0.1) is 0 Å². The van der Waals surface area contributed by atoms with Gasteiger partial charge in [0.1, 0.15) is 24.4 Å². The number of hydrogen-bond acceptors (Lipinski definition) is 14. The molecule has 5 fully saturated rings. The zero-order valence-corrected chi connectivity index (χ0v) is 44.3. The Morgan fingerprint density at radius 3 is 1.06 bits per heavy atom. The predicted molar refractivity (Wildman–Crippen MR) is 267 cm³/mol. The van der Waals surface area contributed by atoms with Gasteiger partial charge in [0.05, 0.1) is 29.0 Å². The first kappa shape index (κ1) is 52.9. The number of benzene rings is 2. The largest absolute Gasteiger partial charge is 0.459 e. The first-order valence-electron chi connectivity index (χ1n) is 25.3. The smallest absolute Gasteiger partial charge is 0.339 e. The zero-order chi connectivity index (χ0) is 50.9. The van der Waals surface area contributed by atoms with Gasteiger partial charge >= 0.3 is 23.9 Å². The highest BCUT2D eigenvalue weighted by atomic mass is 16.6. The van der Waals surface area contributed by atoms with Crippen LogP contribution in [-0.2, 0) is 18.9 Å². The molecule has 0 amide bonds. The summed E-state index contributed by atoms with van der Waals surface area (Å²) in [6.45, 7) is 32.2.